The quantitative estimate of drug-likeness (QED) is 0.468. The lowest BCUT2D eigenvalue weighted by atomic mass is 10.0. The van der Waals surface area contributed by atoms with E-state index < -0.39 is 0 Å². The van der Waals surface area contributed by atoms with Gasteiger partial charge in [-0.3, -0.25) is 10.2 Å². The number of ketones is 1. The fourth-order valence-electron chi connectivity index (χ4n) is 2.63. The van der Waals surface area contributed by atoms with Crippen molar-refractivity contribution >= 4 is 45.6 Å². The first kappa shape index (κ1) is 18.3. The van der Waals surface area contributed by atoms with Crippen LogP contribution in [0.1, 0.15) is 21.5 Å². The van der Waals surface area contributed by atoms with Gasteiger partial charge in [0, 0.05) is 10.0 Å². The van der Waals surface area contributed by atoms with E-state index in [-0.39, 0.29) is 18.3 Å². The number of nitrogens with zero attached hydrogens (tertiary/aromatic N) is 3. The zero-order chi connectivity index (χ0) is 18.8. The van der Waals surface area contributed by atoms with Crippen LogP contribution in [0.2, 0.25) is 0 Å². The molecule has 2 aromatic carbocycles. The molecule has 0 aliphatic heterocycles. The Morgan fingerprint density at radius 1 is 1.23 bits per heavy atom. The van der Waals surface area contributed by atoms with Crippen LogP contribution in [-0.2, 0) is 6.54 Å². The number of nitrogen functional groups attached to an aromatic ring is 1. The minimum Gasteiger partial charge on any atom is -0.366 e. The Morgan fingerprint density at radius 2 is 1.92 bits per heavy atom. The van der Waals surface area contributed by atoms with Crippen molar-refractivity contribution in [1.82, 2.24) is 14.5 Å². The maximum absolute atomic E-state index is 12.6. The Bertz CT molecular complexity index is 1020. The van der Waals surface area contributed by atoms with Crippen LogP contribution in [-0.4, -0.2) is 20.2 Å². The Morgan fingerprint density at radius 3 is 2.58 bits per heavy atom. The molecule has 0 amide bonds. The molecule has 26 heavy (non-hydrogen) atoms. The first-order valence-electron chi connectivity index (χ1n) is 7.93. The van der Waals surface area contributed by atoms with Crippen LogP contribution in [0.25, 0.3) is 0 Å². The van der Waals surface area contributed by atoms with E-state index in [1.807, 2.05) is 56.3 Å². The highest BCUT2D eigenvalue weighted by Gasteiger charge is 2.14. The fraction of sp³-hybridized carbons (Fsp3) is 0.167. The van der Waals surface area contributed by atoms with Crippen molar-refractivity contribution in [1.29, 1.82) is 0 Å². The number of hydrogen-bond acceptors (Lipinski definition) is 5. The van der Waals surface area contributed by atoms with E-state index in [0.717, 1.165) is 21.3 Å². The summed E-state index contributed by atoms with van der Waals surface area (Å²) in [7, 11) is 0. The molecule has 3 N–H and O–H groups in total. The van der Waals surface area contributed by atoms with Gasteiger partial charge in [0.05, 0.1) is 5.69 Å². The molecule has 0 fully saturated rings. The van der Waals surface area contributed by atoms with Gasteiger partial charge in [0.2, 0.25) is 10.7 Å². The average Bonchev–Trinajstić information content (AvgIpc) is 2.84. The van der Waals surface area contributed by atoms with Gasteiger partial charge >= 0.3 is 0 Å². The van der Waals surface area contributed by atoms with Crippen molar-refractivity contribution in [3.63, 3.8) is 0 Å². The average molecular weight is 432 g/mol. The number of Topliss-reactive ketones (excluding diaryl/α,β-unsaturated/α-hetero) is 1. The van der Waals surface area contributed by atoms with Crippen LogP contribution in [0.3, 0.4) is 0 Å². The molecule has 0 saturated heterocycles. The van der Waals surface area contributed by atoms with Crippen molar-refractivity contribution in [2.75, 3.05) is 11.2 Å². The SMILES string of the molecule is Cc1ccc(C(=O)Cn2nc(N)n(Nc3ccc(Br)cc3)c2=S)c(C)c1. The number of benzene rings is 2. The number of halogens is 1. The Hall–Kier alpha value is -2.45. The van der Waals surface area contributed by atoms with E-state index >= 15 is 0 Å². The largest absolute Gasteiger partial charge is 0.366 e. The number of anilines is 2. The second-order valence-electron chi connectivity index (χ2n) is 5.99. The molecule has 0 aliphatic rings. The molecule has 134 valence electrons. The van der Waals surface area contributed by atoms with Crippen molar-refractivity contribution in [2.45, 2.75) is 20.4 Å². The van der Waals surface area contributed by atoms with Crippen LogP contribution in [0.5, 0.6) is 0 Å². The Balaban J connectivity index is 1.84. The molecule has 0 radical (unpaired) electrons. The van der Waals surface area contributed by atoms with Crippen molar-refractivity contribution in [2.24, 2.45) is 0 Å². The van der Waals surface area contributed by atoms with Gasteiger partial charge in [-0.25, -0.2) is 4.68 Å². The zero-order valence-electron chi connectivity index (χ0n) is 14.4. The molecule has 6 nitrogen and oxygen atoms in total. The molecule has 3 rings (SSSR count). The van der Waals surface area contributed by atoms with Crippen molar-refractivity contribution in [3.8, 4) is 0 Å². The lowest BCUT2D eigenvalue weighted by Gasteiger charge is -2.08. The van der Waals surface area contributed by atoms with E-state index in [1.165, 1.54) is 9.36 Å². The number of nitrogens with one attached hydrogen (secondary N) is 1. The maximum Gasteiger partial charge on any atom is 0.240 e. The summed E-state index contributed by atoms with van der Waals surface area (Å²) in [6, 6.07) is 13.3. The van der Waals surface area contributed by atoms with Crippen LogP contribution in [0, 0.1) is 18.6 Å². The number of rotatable bonds is 5. The number of hydrogen-bond donors (Lipinski definition) is 2. The summed E-state index contributed by atoms with van der Waals surface area (Å²) in [5.74, 6) is 0.123. The molecule has 1 heterocycles. The summed E-state index contributed by atoms with van der Waals surface area (Å²) in [6.07, 6.45) is 0. The molecule has 0 spiro atoms. The normalized spacial score (nSPS) is 10.7. The molecule has 0 aliphatic carbocycles. The van der Waals surface area contributed by atoms with E-state index in [2.05, 4.69) is 26.5 Å². The minimum absolute atomic E-state index is 0.0297. The molecule has 8 heteroatoms. The van der Waals surface area contributed by atoms with Crippen LogP contribution in [0.15, 0.2) is 46.9 Å². The van der Waals surface area contributed by atoms with Crippen LogP contribution in [0.4, 0.5) is 11.6 Å². The number of carbonyl (C=O) groups is 1. The molecule has 0 saturated carbocycles. The van der Waals surface area contributed by atoms with E-state index in [1.54, 1.807) is 0 Å². The summed E-state index contributed by atoms with van der Waals surface area (Å²) in [6.45, 7) is 3.94. The number of carbonyl (C=O) groups excluding carboxylic acids is 1. The Kier molecular flexibility index (Phi) is 5.24. The predicted molar refractivity (Wildman–Crippen MR) is 109 cm³/mol. The minimum atomic E-state index is -0.0631. The van der Waals surface area contributed by atoms with Gasteiger partial charge < -0.3 is 5.73 Å². The highest BCUT2D eigenvalue weighted by atomic mass is 79.9. The fourth-order valence-corrected chi connectivity index (χ4v) is 3.14. The molecule has 0 bridgehead atoms. The summed E-state index contributed by atoms with van der Waals surface area (Å²) in [5, 5.41) is 4.20. The predicted octanol–water partition coefficient (Wildman–Crippen LogP) is 4.13. The van der Waals surface area contributed by atoms with Crippen molar-refractivity contribution < 1.29 is 4.79 Å². The molecular formula is C18H18BrN5OS. The van der Waals surface area contributed by atoms with Gasteiger partial charge in [-0.15, -0.1) is 5.10 Å². The number of aryl methyl sites for hydroxylation is 2. The lowest BCUT2D eigenvalue weighted by Crippen LogP contribution is -2.15. The smallest absolute Gasteiger partial charge is 0.240 e. The van der Waals surface area contributed by atoms with Crippen molar-refractivity contribution in [3.05, 3.63) is 68.4 Å². The van der Waals surface area contributed by atoms with Gasteiger partial charge in [0.15, 0.2) is 5.78 Å². The second-order valence-corrected chi connectivity index (χ2v) is 7.27. The monoisotopic (exact) mass is 431 g/mol. The van der Waals surface area contributed by atoms with Crippen LogP contribution < -0.4 is 11.2 Å². The lowest BCUT2D eigenvalue weighted by molar-refractivity contribution is 0.0966. The standard InChI is InChI=1S/C18H18BrN5OS/c1-11-3-8-15(12(2)9-11)16(25)10-23-18(26)24(17(20)22-23)21-14-6-4-13(19)5-7-14/h3-9,21H,10H2,1-2H3,(H2,20,22). The third-order valence-electron chi connectivity index (χ3n) is 3.93. The number of nitrogens with two attached hydrogens (primary N) is 1. The van der Waals surface area contributed by atoms with Gasteiger partial charge in [-0.05, 0) is 55.9 Å². The number of aromatic nitrogens is 3. The van der Waals surface area contributed by atoms with Crippen LogP contribution >= 0.6 is 28.1 Å². The third-order valence-corrected chi connectivity index (χ3v) is 4.85. The van der Waals surface area contributed by atoms with E-state index in [9.17, 15) is 4.79 Å². The topological polar surface area (TPSA) is 77.9 Å². The summed E-state index contributed by atoms with van der Waals surface area (Å²) in [4.78, 5) is 12.6. The first-order chi connectivity index (χ1) is 12.3. The summed E-state index contributed by atoms with van der Waals surface area (Å²) < 4.78 is 4.20. The first-order valence-corrected chi connectivity index (χ1v) is 9.13. The second kappa shape index (κ2) is 7.43. The third kappa shape index (κ3) is 3.86. The summed E-state index contributed by atoms with van der Waals surface area (Å²) in [5.41, 5.74) is 12.6. The molecule has 1 aromatic heterocycles. The molecular weight excluding hydrogens is 414 g/mol. The molecule has 3 aromatic rings. The highest BCUT2D eigenvalue weighted by molar-refractivity contribution is 9.10. The molecule has 0 atom stereocenters. The molecule has 0 unspecified atom stereocenters. The van der Waals surface area contributed by atoms with Gasteiger partial charge in [0.25, 0.3) is 0 Å². The van der Waals surface area contributed by atoms with E-state index in [4.69, 9.17) is 18.0 Å². The maximum atomic E-state index is 12.6. The van der Waals surface area contributed by atoms with E-state index in [0.29, 0.717) is 10.3 Å². The van der Waals surface area contributed by atoms with Gasteiger partial charge in [-0.1, -0.05) is 39.7 Å². The van der Waals surface area contributed by atoms with Gasteiger partial charge in [0.1, 0.15) is 6.54 Å². The zero-order valence-corrected chi connectivity index (χ0v) is 16.8. The Labute approximate surface area is 164 Å². The van der Waals surface area contributed by atoms with Gasteiger partial charge in [-0.2, -0.15) is 4.68 Å². The summed E-state index contributed by atoms with van der Waals surface area (Å²) >= 11 is 8.81. The highest BCUT2D eigenvalue weighted by Crippen LogP contribution is 2.16.